The highest BCUT2D eigenvalue weighted by Crippen LogP contribution is 2.17. The van der Waals surface area contributed by atoms with Crippen LogP contribution in [-0.2, 0) is 6.42 Å². The van der Waals surface area contributed by atoms with E-state index in [1.807, 2.05) is 18.3 Å². The molecule has 1 unspecified atom stereocenters. The Labute approximate surface area is 109 Å². The summed E-state index contributed by atoms with van der Waals surface area (Å²) in [7, 11) is 0. The molecule has 0 aliphatic rings. The van der Waals surface area contributed by atoms with Gasteiger partial charge in [0.1, 0.15) is 0 Å². The Morgan fingerprint density at radius 3 is 2.50 bits per heavy atom. The SMILES string of the molecule is CCNC(Cc1ccccn1)c1ccc(C)cc1. The maximum atomic E-state index is 4.40. The zero-order valence-electron chi connectivity index (χ0n) is 11.1. The lowest BCUT2D eigenvalue weighted by Crippen LogP contribution is -2.23. The van der Waals surface area contributed by atoms with Gasteiger partial charge in [0.15, 0.2) is 0 Å². The van der Waals surface area contributed by atoms with E-state index in [1.165, 1.54) is 11.1 Å². The standard InChI is InChI=1S/C16H20N2/c1-3-17-16(12-15-6-4-5-11-18-15)14-9-7-13(2)8-10-14/h4-11,16-17H,3,12H2,1-2H3. The fourth-order valence-corrected chi connectivity index (χ4v) is 2.08. The van der Waals surface area contributed by atoms with Crippen LogP contribution in [0.2, 0.25) is 0 Å². The number of nitrogens with one attached hydrogen (secondary N) is 1. The van der Waals surface area contributed by atoms with Crippen molar-refractivity contribution in [1.82, 2.24) is 10.3 Å². The molecule has 1 heterocycles. The van der Waals surface area contributed by atoms with E-state index < -0.39 is 0 Å². The first-order chi connectivity index (χ1) is 8.79. The number of pyridine rings is 1. The highest BCUT2D eigenvalue weighted by atomic mass is 14.9. The quantitative estimate of drug-likeness (QED) is 0.867. The minimum absolute atomic E-state index is 0.338. The summed E-state index contributed by atoms with van der Waals surface area (Å²) in [5, 5.41) is 3.53. The van der Waals surface area contributed by atoms with Gasteiger partial charge < -0.3 is 5.32 Å². The van der Waals surface area contributed by atoms with E-state index in [4.69, 9.17) is 0 Å². The van der Waals surface area contributed by atoms with Crippen molar-refractivity contribution in [3.05, 3.63) is 65.5 Å². The molecule has 1 aromatic carbocycles. The molecular weight excluding hydrogens is 220 g/mol. The number of benzene rings is 1. The van der Waals surface area contributed by atoms with Crippen LogP contribution in [0.3, 0.4) is 0 Å². The predicted molar refractivity (Wildman–Crippen MR) is 75.5 cm³/mol. The van der Waals surface area contributed by atoms with Crippen LogP contribution < -0.4 is 5.32 Å². The van der Waals surface area contributed by atoms with Crippen molar-refractivity contribution in [1.29, 1.82) is 0 Å². The molecule has 2 heteroatoms. The number of likely N-dealkylation sites (N-methyl/N-ethyl adjacent to an activating group) is 1. The molecule has 94 valence electrons. The Hall–Kier alpha value is -1.67. The van der Waals surface area contributed by atoms with Crippen LogP contribution in [0.5, 0.6) is 0 Å². The first-order valence-corrected chi connectivity index (χ1v) is 6.49. The molecule has 0 fully saturated rings. The summed E-state index contributed by atoms with van der Waals surface area (Å²) in [6.45, 7) is 5.22. The van der Waals surface area contributed by atoms with Crippen molar-refractivity contribution in [2.45, 2.75) is 26.3 Å². The van der Waals surface area contributed by atoms with Gasteiger partial charge >= 0.3 is 0 Å². The van der Waals surface area contributed by atoms with Crippen molar-refractivity contribution in [3.8, 4) is 0 Å². The first-order valence-electron chi connectivity index (χ1n) is 6.49. The van der Waals surface area contributed by atoms with Gasteiger partial charge in [0, 0.05) is 24.4 Å². The highest BCUT2D eigenvalue weighted by molar-refractivity contribution is 5.25. The first kappa shape index (κ1) is 12.8. The van der Waals surface area contributed by atoms with Gasteiger partial charge in [-0.3, -0.25) is 4.98 Å². The van der Waals surface area contributed by atoms with Crippen molar-refractivity contribution in [3.63, 3.8) is 0 Å². The van der Waals surface area contributed by atoms with Crippen LogP contribution in [0.25, 0.3) is 0 Å². The molecule has 0 bridgehead atoms. The van der Waals surface area contributed by atoms with Crippen molar-refractivity contribution >= 4 is 0 Å². The van der Waals surface area contributed by atoms with Crippen molar-refractivity contribution in [2.24, 2.45) is 0 Å². The van der Waals surface area contributed by atoms with Crippen LogP contribution in [-0.4, -0.2) is 11.5 Å². The zero-order chi connectivity index (χ0) is 12.8. The van der Waals surface area contributed by atoms with Gasteiger partial charge in [-0.15, -0.1) is 0 Å². The third-order valence-electron chi connectivity index (χ3n) is 3.07. The molecule has 2 rings (SSSR count). The maximum absolute atomic E-state index is 4.40. The third kappa shape index (κ3) is 3.41. The number of hydrogen-bond acceptors (Lipinski definition) is 2. The van der Waals surface area contributed by atoms with E-state index in [-0.39, 0.29) is 0 Å². The monoisotopic (exact) mass is 240 g/mol. The van der Waals surface area contributed by atoms with Gasteiger partial charge in [0.05, 0.1) is 0 Å². The topological polar surface area (TPSA) is 24.9 Å². The molecule has 0 radical (unpaired) electrons. The molecule has 0 amide bonds. The molecule has 0 aliphatic carbocycles. The molecule has 0 spiro atoms. The van der Waals surface area contributed by atoms with E-state index >= 15 is 0 Å². The lowest BCUT2D eigenvalue weighted by molar-refractivity contribution is 0.544. The summed E-state index contributed by atoms with van der Waals surface area (Å²) in [6, 6.07) is 15.1. The number of aromatic nitrogens is 1. The number of nitrogens with zero attached hydrogens (tertiary/aromatic N) is 1. The molecule has 1 atom stereocenters. The molecule has 2 aromatic rings. The second kappa shape index (κ2) is 6.31. The Morgan fingerprint density at radius 1 is 1.11 bits per heavy atom. The molecule has 1 aromatic heterocycles. The molecule has 0 aliphatic heterocycles. The predicted octanol–water partition coefficient (Wildman–Crippen LogP) is 3.28. The largest absolute Gasteiger partial charge is 0.310 e. The summed E-state index contributed by atoms with van der Waals surface area (Å²) in [4.78, 5) is 4.40. The summed E-state index contributed by atoms with van der Waals surface area (Å²) in [5.41, 5.74) is 3.75. The second-order valence-corrected chi connectivity index (χ2v) is 4.55. The van der Waals surface area contributed by atoms with E-state index in [0.29, 0.717) is 6.04 Å². The minimum Gasteiger partial charge on any atom is -0.310 e. The summed E-state index contributed by atoms with van der Waals surface area (Å²) in [6.07, 6.45) is 2.78. The summed E-state index contributed by atoms with van der Waals surface area (Å²) >= 11 is 0. The average Bonchev–Trinajstić information content (AvgIpc) is 2.40. The van der Waals surface area contributed by atoms with Gasteiger partial charge in [0.25, 0.3) is 0 Å². The number of aryl methyl sites for hydroxylation is 1. The van der Waals surface area contributed by atoms with E-state index in [9.17, 15) is 0 Å². The van der Waals surface area contributed by atoms with E-state index in [0.717, 1.165) is 18.7 Å². The summed E-state index contributed by atoms with van der Waals surface area (Å²) < 4.78 is 0. The van der Waals surface area contributed by atoms with E-state index in [2.05, 4.69) is 54.5 Å². The van der Waals surface area contributed by atoms with Gasteiger partial charge in [0.2, 0.25) is 0 Å². The number of hydrogen-bond donors (Lipinski definition) is 1. The lowest BCUT2D eigenvalue weighted by atomic mass is 10.0. The molecular formula is C16H20N2. The Bertz CT molecular complexity index is 462. The highest BCUT2D eigenvalue weighted by Gasteiger charge is 2.11. The van der Waals surface area contributed by atoms with Crippen molar-refractivity contribution in [2.75, 3.05) is 6.54 Å². The minimum atomic E-state index is 0.338. The number of rotatable bonds is 5. The van der Waals surface area contributed by atoms with Crippen LogP contribution in [0.4, 0.5) is 0 Å². The lowest BCUT2D eigenvalue weighted by Gasteiger charge is -2.18. The van der Waals surface area contributed by atoms with Crippen LogP contribution in [0, 0.1) is 6.92 Å². The average molecular weight is 240 g/mol. The molecule has 18 heavy (non-hydrogen) atoms. The summed E-state index contributed by atoms with van der Waals surface area (Å²) in [5.74, 6) is 0. The van der Waals surface area contributed by atoms with Crippen molar-refractivity contribution < 1.29 is 0 Å². The second-order valence-electron chi connectivity index (χ2n) is 4.55. The maximum Gasteiger partial charge on any atom is 0.0422 e. The third-order valence-corrected chi connectivity index (χ3v) is 3.07. The molecule has 2 nitrogen and oxygen atoms in total. The van der Waals surface area contributed by atoms with E-state index in [1.54, 1.807) is 0 Å². The van der Waals surface area contributed by atoms with Crippen LogP contribution in [0.1, 0.15) is 29.8 Å². The van der Waals surface area contributed by atoms with Gasteiger partial charge in [-0.2, -0.15) is 0 Å². The normalized spacial score (nSPS) is 12.3. The van der Waals surface area contributed by atoms with Gasteiger partial charge in [-0.05, 0) is 31.2 Å². The van der Waals surface area contributed by atoms with Gasteiger partial charge in [-0.1, -0.05) is 42.8 Å². The fourth-order valence-electron chi connectivity index (χ4n) is 2.08. The molecule has 0 saturated carbocycles. The Balaban J connectivity index is 2.15. The molecule has 0 saturated heterocycles. The van der Waals surface area contributed by atoms with Gasteiger partial charge in [-0.25, -0.2) is 0 Å². The fraction of sp³-hybridized carbons (Fsp3) is 0.312. The van der Waals surface area contributed by atoms with Crippen LogP contribution in [0.15, 0.2) is 48.7 Å². The Kier molecular flexibility index (Phi) is 4.48. The smallest absolute Gasteiger partial charge is 0.0422 e. The molecule has 1 N–H and O–H groups in total. The van der Waals surface area contributed by atoms with Crippen LogP contribution >= 0.6 is 0 Å². The Morgan fingerprint density at radius 2 is 1.89 bits per heavy atom. The zero-order valence-corrected chi connectivity index (χ0v) is 11.1.